The molecular weight excluding hydrogens is 368 g/mol. The zero-order valence-electron chi connectivity index (χ0n) is 18.7. The molecule has 2 heterocycles. The summed E-state index contributed by atoms with van der Waals surface area (Å²) in [6, 6.07) is 8.32. The van der Waals surface area contributed by atoms with Crippen molar-refractivity contribution in [1.29, 1.82) is 0 Å². The summed E-state index contributed by atoms with van der Waals surface area (Å²) in [4.78, 5) is 11.9. The van der Waals surface area contributed by atoms with Crippen molar-refractivity contribution >= 4 is 8.32 Å². The van der Waals surface area contributed by atoms with E-state index in [1.54, 1.807) is 0 Å². The highest BCUT2D eigenvalue weighted by Crippen LogP contribution is 2.69. The van der Waals surface area contributed by atoms with Gasteiger partial charge in [-0.3, -0.25) is 0 Å². The molecule has 0 radical (unpaired) electrons. The first-order valence-corrected chi connectivity index (χ1v) is 13.6. The number of ether oxygens (including phenoxy) is 1. The lowest BCUT2D eigenvalue weighted by molar-refractivity contribution is -0.623. The summed E-state index contributed by atoms with van der Waals surface area (Å²) >= 11 is 0. The van der Waals surface area contributed by atoms with Gasteiger partial charge in [0.1, 0.15) is 5.75 Å². The lowest BCUT2D eigenvalue weighted by atomic mass is 9.62. The lowest BCUT2D eigenvalue weighted by Gasteiger charge is -2.58. The van der Waals surface area contributed by atoms with Crippen molar-refractivity contribution in [3.63, 3.8) is 0 Å². The van der Waals surface area contributed by atoms with E-state index < -0.39 is 19.7 Å². The Morgan fingerprint density at radius 3 is 2.32 bits per heavy atom. The van der Waals surface area contributed by atoms with Crippen LogP contribution in [0.3, 0.4) is 0 Å². The maximum Gasteiger partial charge on any atom is 0.261 e. The fourth-order valence-corrected chi connectivity index (χ4v) is 6.11. The summed E-state index contributed by atoms with van der Waals surface area (Å²) in [6.45, 7) is 18.1. The van der Waals surface area contributed by atoms with Crippen LogP contribution in [0, 0.1) is 11.3 Å². The fraction of sp³-hybridized carbons (Fsp3) is 0.739. The van der Waals surface area contributed by atoms with Crippen molar-refractivity contribution in [3.05, 3.63) is 29.8 Å². The zero-order valence-corrected chi connectivity index (χ0v) is 19.7. The second-order valence-corrected chi connectivity index (χ2v) is 16.1. The van der Waals surface area contributed by atoms with E-state index in [1.807, 2.05) is 0 Å². The van der Waals surface area contributed by atoms with E-state index >= 15 is 0 Å². The molecule has 1 aromatic rings. The molecule has 156 valence electrons. The Bertz CT molecular complexity index is 763. The van der Waals surface area contributed by atoms with Gasteiger partial charge in [-0.25, -0.2) is 4.89 Å². The monoisotopic (exact) mass is 404 g/mol. The smallest absolute Gasteiger partial charge is 0.261 e. The zero-order chi connectivity index (χ0) is 20.6. The SMILES string of the molecule is CC(C)(C)C12OOC1(c1cccc(O[Si](C)(C)C(C)(C)C)c1)OC1CCCC12. The Labute approximate surface area is 171 Å². The molecule has 3 fully saturated rings. The molecule has 0 spiro atoms. The Morgan fingerprint density at radius 1 is 1.04 bits per heavy atom. The van der Waals surface area contributed by atoms with Gasteiger partial charge in [0, 0.05) is 16.9 Å². The van der Waals surface area contributed by atoms with Crippen LogP contribution in [0.2, 0.25) is 18.1 Å². The maximum absolute atomic E-state index is 6.65. The summed E-state index contributed by atoms with van der Waals surface area (Å²) in [7, 11) is -1.92. The summed E-state index contributed by atoms with van der Waals surface area (Å²) < 4.78 is 13.2. The van der Waals surface area contributed by atoms with Crippen molar-refractivity contribution in [1.82, 2.24) is 0 Å². The number of fused-ring (bicyclic) bond motifs is 3. The molecule has 0 N–H and O–H groups in total. The summed E-state index contributed by atoms with van der Waals surface area (Å²) in [6.07, 6.45) is 3.61. The highest BCUT2D eigenvalue weighted by molar-refractivity contribution is 6.74. The molecule has 28 heavy (non-hydrogen) atoms. The molecule has 1 aromatic carbocycles. The number of benzene rings is 1. The first kappa shape index (κ1) is 20.4. The Morgan fingerprint density at radius 2 is 1.75 bits per heavy atom. The minimum Gasteiger partial charge on any atom is -0.543 e. The molecule has 3 aliphatic rings. The second kappa shape index (κ2) is 6.07. The second-order valence-electron chi connectivity index (χ2n) is 11.4. The van der Waals surface area contributed by atoms with Crippen LogP contribution in [0.25, 0.3) is 0 Å². The van der Waals surface area contributed by atoms with E-state index in [0.717, 1.165) is 24.2 Å². The van der Waals surface area contributed by atoms with E-state index in [4.69, 9.17) is 18.9 Å². The average molecular weight is 405 g/mol. The summed E-state index contributed by atoms with van der Waals surface area (Å²) in [5.74, 6) is 0.428. The van der Waals surface area contributed by atoms with Crippen molar-refractivity contribution in [2.45, 2.75) is 96.4 Å². The first-order valence-electron chi connectivity index (χ1n) is 10.7. The molecule has 2 aliphatic heterocycles. The summed E-state index contributed by atoms with van der Waals surface area (Å²) in [5.41, 5.74) is 0.446. The predicted octanol–water partition coefficient (Wildman–Crippen LogP) is 6.17. The molecule has 0 bridgehead atoms. The van der Waals surface area contributed by atoms with Gasteiger partial charge in [-0.2, -0.15) is 4.89 Å². The van der Waals surface area contributed by atoms with Crippen molar-refractivity contribution in [3.8, 4) is 5.75 Å². The largest absolute Gasteiger partial charge is 0.543 e. The molecule has 0 amide bonds. The van der Waals surface area contributed by atoms with Crippen LogP contribution < -0.4 is 4.43 Å². The molecule has 2 saturated heterocycles. The average Bonchev–Trinajstić information content (AvgIpc) is 3.03. The third kappa shape index (κ3) is 2.59. The predicted molar refractivity (Wildman–Crippen MR) is 113 cm³/mol. The third-order valence-electron chi connectivity index (χ3n) is 7.58. The van der Waals surface area contributed by atoms with E-state index in [9.17, 15) is 0 Å². The van der Waals surface area contributed by atoms with Crippen LogP contribution in [-0.4, -0.2) is 20.0 Å². The van der Waals surface area contributed by atoms with Crippen molar-refractivity contribution < 1.29 is 18.9 Å². The van der Waals surface area contributed by atoms with Gasteiger partial charge in [-0.1, -0.05) is 60.1 Å². The molecule has 4 rings (SSSR count). The standard InChI is InChI=1S/C23H36O4Si/c1-20(2,3)22-18-13-10-14-19(18)24-23(22,27-26-22)16-11-9-12-17(15-16)25-28(7,8)21(4,5)6/h9,11-12,15,18-19H,10,13-14H2,1-8H3. The van der Waals surface area contributed by atoms with Crippen molar-refractivity contribution in [2.75, 3.05) is 0 Å². The molecule has 0 aromatic heterocycles. The minimum absolute atomic E-state index is 0.106. The lowest BCUT2D eigenvalue weighted by Crippen LogP contribution is -2.70. The van der Waals surface area contributed by atoms with Crippen LogP contribution in [0.4, 0.5) is 0 Å². The third-order valence-corrected chi connectivity index (χ3v) is 11.9. The summed E-state index contributed by atoms with van der Waals surface area (Å²) in [5, 5.41) is 0.146. The minimum atomic E-state index is -1.92. The van der Waals surface area contributed by atoms with Crippen LogP contribution in [0.15, 0.2) is 24.3 Å². The number of rotatable bonds is 3. The molecule has 1 saturated carbocycles. The van der Waals surface area contributed by atoms with Crippen LogP contribution >= 0.6 is 0 Å². The quantitative estimate of drug-likeness (QED) is 0.446. The van der Waals surface area contributed by atoms with E-state index in [0.29, 0.717) is 5.92 Å². The highest BCUT2D eigenvalue weighted by atomic mass is 28.4. The van der Waals surface area contributed by atoms with Gasteiger partial charge >= 0.3 is 0 Å². The Balaban J connectivity index is 1.73. The molecule has 4 nitrogen and oxygen atoms in total. The van der Waals surface area contributed by atoms with Gasteiger partial charge in [0.05, 0.1) is 6.10 Å². The maximum atomic E-state index is 6.65. The van der Waals surface area contributed by atoms with E-state index in [1.165, 1.54) is 6.42 Å². The van der Waals surface area contributed by atoms with Gasteiger partial charge in [0.2, 0.25) is 8.32 Å². The topological polar surface area (TPSA) is 36.9 Å². The van der Waals surface area contributed by atoms with Crippen LogP contribution in [-0.2, 0) is 20.3 Å². The molecule has 4 unspecified atom stereocenters. The van der Waals surface area contributed by atoms with Gasteiger partial charge < -0.3 is 9.16 Å². The highest BCUT2D eigenvalue weighted by Gasteiger charge is 2.81. The van der Waals surface area contributed by atoms with Crippen LogP contribution in [0.1, 0.15) is 66.4 Å². The molecular formula is C23H36O4Si. The van der Waals surface area contributed by atoms with Gasteiger partial charge in [0.15, 0.2) is 5.60 Å². The van der Waals surface area contributed by atoms with Gasteiger partial charge in [-0.05, 0) is 43.1 Å². The van der Waals surface area contributed by atoms with Crippen LogP contribution in [0.5, 0.6) is 5.75 Å². The Kier molecular flexibility index (Phi) is 4.42. The van der Waals surface area contributed by atoms with Gasteiger partial charge in [0.25, 0.3) is 5.79 Å². The van der Waals surface area contributed by atoms with E-state index in [-0.39, 0.29) is 16.6 Å². The molecule has 4 atom stereocenters. The van der Waals surface area contributed by atoms with E-state index in [2.05, 4.69) is 78.9 Å². The van der Waals surface area contributed by atoms with Gasteiger partial charge in [-0.15, -0.1) is 0 Å². The Hall–Kier alpha value is -0.883. The molecule has 1 aliphatic carbocycles. The fourth-order valence-electron chi connectivity index (χ4n) is 5.08. The number of hydrogen-bond acceptors (Lipinski definition) is 4. The molecule has 5 heteroatoms. The number of hydrogen-bond donors (Lipinski definition) is 0. The first-order chi connectivity index (χ1) is 12.8. The normalized spacial score (nSPS) is 35.3. The van der Waals surface area contributed by atoms with Crippen molar-refractivity contribution in [2.24, 2.45) is 11.3 Å².